The van der Waals surface area contributed by atoms with Crippen molar-refractivity contribution in [3.05, 3.63) is 0 Å². The first kappa shape index (κ1) is 18.5. The second kappa shape index (κ2) is 7.33. The molecule has 0 aliphatic carbocycles. The SMILES string of the molecule is CCCC(C)[Si](Cl)(C(C)CCC)C(C)(C)C(C)C. The van der Waals surface area contributed by atoms with Gasteiger partial charge in [-0.2, -0.15) is 11.1 Å². The summed E-state index contributed by atoms with van der Waals surface area (Å²) in [4.78, 5) is 0. The van der Waals surface area contributed by atoms with E-state index in [2.05, 4.69) is 55.4 Å². The van der Waals surface area contributed by atoms with Gasteiger partial charge in [-0.05, 0) is 22.0 Å². The topological polar surface area (TPSA) is 0 Å². The molecule has 0 heterocycles. The summed E-state index contributed by atoms with van der Waals surface area (Å²) in [6.07, 6.45) is 5.10. The molecule has 0 fully saturated rings. The monoisotopic (exact) mass is 290 g/mol. The van der Waals surface area contributed by atoms with Gasteiger partial charge in [0, 0.05) is 0 Å². The van der Waals surface area contributed by atoms with E-state index in [4.69, 9.17) is 11.1 Å². The largest absolute Gasteiger partial charge is 0.167 e. The molecule has 0 rings (SSSR count). The molecule has 0 spiro atoms. The Morgan fingerprint density at radius 3 is 1.44 bits per heavy atom. The van der Waals surface area contributed by atoms with E-state index in [0.29, 0.717) is 22.0 Å². The van der Waals surface area contributed by atoms with E-state index in [1.807, 2.05) is 0 Å². The maximum absolute atomic E-state index is 7.42. The second-order valence-electron chi connectivity index (χ2n) is 7.02. The van der Waals surface area contributed by atoms with E-state index < -0.39 is 7.38 Å². The van der Waals surface area contributed by atoms with Crippen molar-refractivity contribution in [1.82, 2.24) is 0 Å². The molecule has 0 aliphatic rings. The highest BCUT2D eigenvalue weighted by Crippen LogP contribution is 2.59. The van der Waals surface area contributed by atoms with Crippen LogP contribution in [-0.4, -0.2) is 7.38 Å². The van der Waals surface area contributed by atoms with Crippen LogP contribution in [-0.2, 0) is 0 Å². The highest BCUT2D eigenvalue weighted by atomic mass is 35.6. The van der Waals surface area contributed by atoms with E-state index in [9.17, 15) is 0 Å². The first-order valence-electron chi connectivity index (χ1n) is 7.85. The third kappa shape index (κ3) is 3.54. The molecular weight excluding hydrogens is 256 g/mol. The minimum atomic E-state index is -1.82. The van der Waals surface area contributed by atoms with Crippen molar-refractivity contribution >= 4 is 18.5 Å². The molecule has 0 aromatic rings. The summed E-state index contributed by atoms with van der Waals surface area (Å²) in [5, 5.41) is 0.303. The zero-order valence-electron chi connectivity index (χ0n) is 13.9. The van der Waals surface area contributed by atoms with Gasteiger partial charge in [0.2, 0.25) is 0 Å². The molecule has 0 N–H and O–H groups in total. The van der Waals surface area contributed by atoms with Gasteiger partial charge in [0.1, 0.15) is 0 Å². The molecule has 0 saturated heterocycles. The Hall–Kier alpha value is 0.507. The molecule has 0 saturated carbocycles. The molecule has 0 aromatic carbocycles. The fourth-order valence-corrected chi connectivity index (χ4v) is 10.6. The molecule has 18 heavy (non-hydrogen) atoms. The Morgan fingerprint density at radius 2 is 1.22 bits per heavy atom. The minimum Gasteiger partial charge on any atom is -0.166 e. The molecule has 0 aliphatic heterocycles. The summed E-state index contributed by atoms with van der Waals surface area (Å²) in [7, 11) is -1.82. The van der Waals surface area contributed by atoms with E-state index in [-0.39, 0.29) is 0 Å². The standard InChI is InChI=1S/C16H35ClSi/c1-9-11-14(5)18(17,15(6)12-10-2)16(7,8)13(3)4/h13-15H,9-12H2,1-8H3. The molecule has 0 aromatic heterocycles. The van der Waals surface area contributed by atoms with Gasteiger partial charge in [-0.1, -0.05) is 81.1 Å². The van der Waals surface area contributed by atoms with Gasteiger partial charge in [-0.15, -0.1) is 0 Å². The number of hydrogen-bond donors (Lipinski definition) is 0. The molecule has 0 radical (unpaired) electrons. The summed E-state index contributed by atoms with van der Waals surface area (Å²) in [6.45, 7) is 19.0. The van der Waals surface area contributed by atoms with Crippen LogP contribution in [0.5, 0.6) is 0 Å². The Morgan fingerprint density at radius 1 is 0.889 bits per heavy atom. The highest BCUT2D eigenvalue weighted by molar-refractivity contribution is 7.23. The molecule has 2 heteroatoms. The van der Waals surface area contributed by atoms with Crippen molar-refractivity contribution in [3.8, 4) is 0 Å². The fourth-order valence-electron chi connectivity index (χ4n) is 3.48. The zero-order chi connectivity index (χ0) is 14.6. The van der Waals surface area contributed by atoms with Crippen LogP contribution in [0.25, 0.3) is 0 Å². The predicted octanol–water partition coefficient (Wildman–Crippen LogP) is 6.99. The first-order chi connectivity index (χ1) is 8.16. The summed E-state index contributed by atoms with van der Waals surface area (Å²) in [5.41, 5.74) is 1.42. The van der Waals surface area contributed by atoms with Gasteiger partial charge in [0.15, 0.2) is 7.38 Å². The van der Waals surface area contributed by atoms with Crippen LogP contribution in [0.3, 0.4) is 0 Å². The molecule has 110 valence electrons. The van der Waals surface area contributed by atoms with E-state index >= 15 is 0 Å². The van der Waals surface area contributed by atoms with Gasteiger partial charge in [0.25, 0.3) is 0 Å². The lowest BCUT2D eigenvalue weighted by molar-refractivity contribution is 0.441. The molecule has 0 bridgehead atoms. The van der Waals surface area contributed by atoms with E-state index in [0.717, 1.165) is 0 Å². The minimum absolute atomic E-state index is 0.303. The summed E-state index contributed by atoms with van der Waals surface area (Å²) < 4.78 is 0. The van der Waals surface area contributed by atoms with Crippen molar-refractivity contribution < 1.29 is 0 Å². The Balaban J connectivity index is 5.39. The van der Waals surface area contributed by atoms with Gasteiger partial charge < -0.3 is 0 Å². The summed E-state index contributed by atoms with van der Waals surface area (Å²) in [6, 6.07) is 0. The second-order valence-corrected chi connectivity index (χ2v) is 13.7. The van der Waals surface area contributed by atoms with Gasteiger partial charge >= 0.3 is 0 Å². The van der Waals surface area contributed by atoms with Crippen LogP contribution < -0.4 is 0 Å². The normalized spacial score (nSPS) is 19.7. The summed E-state index contributed by atoms with van der Waals surface area (Å²) >= 11 is 7.42. The average Bonchev–Trinajstić information content (AvgIpc) is 2.27. The number of halogens is 1. The highest BCUT2D eigenvalue weighted by Gasteiger charge is 2.54. The van der Waals surface area contributed by atoms with Crippen molar-refractivity contribution in [2.45, 2.75) is 97.2 Å². The molecule has 0 amide bonds. The van der Waals surface area contributed by atoms with Crippen molar-refractivity contribution in [3.63, 3.8) is 0 Å². The maximum atomic E-state index is 7.42. The maximum Gasteiger partial charge on any atom is 0.167 e. The molecular formula is C16H35ClSi. The van der Waals surface area contributed by atoms with Crippen molar-refractivity contribution in [2.24, 2.45) is 5.92 Å². The van der Waals surface area contributed by atoms with Crippen LogP contribution in [0.2, 0.25) is 16.1 Å². The Labute approximate surface area is 122 Å². The zero-order valence-corrected chi connectivity index (χ0v) is 15.7. The molecule has 2 unspecified atom stereocenters. The lowest BCUT2D eigenvalue weighted by Crippen LogP contribution is -2.49. The summed E-state index contributed by atoms with van der Waals surface area (Å²) in [5.74, 6) is 0.667. The van der Waals surface area contributed by atoms with Crippen LogP contribution in [0.1, 0.15) is 81.1 Å². The number of hydrogen-bond acceptors (Lipinski definition) is 0. The van der Waals surface area contributed by atoms with Gasteiger partial charge in [0.05, 0.1) is 0 Å². The van der Waals surface area contributed by atoms with Crippen molar-refractivity contribution in [2.75, 3.05) is 0 Å². The fraction of sp³-hybridized carbons (Fsp3) is 1.00. The van der Waals surface area contributed by atoms with Crippen LogP contribution >= 0.6 is 11.1 Å². The first-order valence-corrected chi connectivity index (χ1v) is 11.0. The van der Waals surface area contributed by atoms with Gasteiger partial charge in [-0.25, -0.2) is 0 Å². The van der Waals surface area contributed by atoms with Crippen molar-refractivity contribution in [1.29, 1.82) is 0 Å². The third-order valence-corrected chi connectivity index (χ3v) is 15.0. The van der Waals surface area contributed by atoms with E-state index in [1.54, 1.807) is 0 Å². The quantitative estimate of drug-likeness (QED) is 0.334. The lowest BCUT2D eigenvalue weighted by Gasteiger charge is -2.50. The lowest BCUT2D eigenvalue weighted by atomic mass is 9.99. The predicted molar refractivity (Wildman–Crippen MR) is 89.2 cm³/mol. The Bertz CT molecular complexity index is 223. The molecule has 0 nitrogen and oxygen atoms in total. The van der Waals surface area contributed by atoms with E-state index in [1.165, 1.54) is 25.7 Å². The average molecular weight is 291 g/mol. The van der Waals surface area contributed by atoms with Crippen LogP contribution in [0.4, 0.5) is 0 Å². The van der Waals surface area contributed by atoms with Gasteiger partial charge in [-0.3, -0.25) is 0 Å². The third-order valence-electron chi connectivity index (χ3n) is 5.31. The molecule has 2 atom stereocenters. The van der Waals surface area contributed by atoms with Crippen LogP contribution in [0.15, 0.2) is 0 Å². The smallest absolute Gasteiger partial charge is 0.166 e. The Kier molecular flexibility index (Phi) is 7.54. The number of rotatable bonds is 8. The van der Waals surface area contributed by atoms with Crippen LogP contribution in [0, 0.1) is 5.92 Å².